The normalized spacial score (nSPS) is 18.3. The highest BCUT2D eigenvalue weighted by Crippen LogP contribution is 2.28. The van der Waals surface area contributed by atoms with Crippen LogP contribution in [0, 0.1) is 0 Å². The Bertz CT molecular complexity index is 882. The molecule has 7 heteroatoms. The number of carbonyl (C=O) groups excluding carboxylic acids is 1. The first-order chi connectivity index (χ1) is 12.5. The molecule has 1 N–H and O–H groups in total. The molecule has 1 aliphatic rings. The van der Waals surface area contributed by atoms with Crippen LogP contribution in [-0.4, -0.2) is 51.5 Å². The molecule has 1 atom stereocenters. The Morgan fingerprint density at radius 1 is 1.23 bits per heavy atom. The van der Waals surface area contributed by atoms with E-state index in [4.69, 9.17) is 4.74 Å². The fraction of sp³-hybridized carbons (Fsp3) is 0.421. The minimum atomic E-state index is -3.71. The van der Waals surface area contributed by atoms with Crippen LogP contribution < -0.4 is 5.32 Å². The Morgan fingerprint density at radius 3 is 2.77 bits per heavy atom. The Hall–Kier alpha value is -1.96. The van der Waals surface area contributed by atoms with Gasteiger partial charge in [0, 0.05) is 26.8 Å². The van der Waals surface area contributed by atoms with Gasteiger partial charge in [0.25, 0.3) is 0 Å². The summed E-state index contributed by atoms with van der Waals surface area (Å²) in [6.45, 7) is 1.41. The third-order valence-corrected chi connectivity index (χ3v) is 6.56. The van der Waals surface area contributed by atoms with Crippen LogP contribution in [0.4, 0.5) is 0 Å². The Kier molecular flexibility index (Phi) is 5.90. The number of nitrogens with one attached hydrogen (secondary N) is 1. The summed E-state index contributed by atoms with van der Waals surface area (Å²) in [5, 5.41) is 4.67. The molecule has 1 aliphatic heterocycles. The van der Waals surface area contributed by atoms with Gasteiger partial charge < -0.3 is 10.1 Å². The molecule has 26 heavy (non-hydrogen) atoms. The van der Waals surface area contributed by atoms with Gasteiger partial charge in [-0.15, -0.1) is 0 Å². The van der Waals surface area contributed by atoms with Crippen LogP contribution in [0.25, 0.3) is 10.8 Å². The number of hydrogen-bond donors (Lipinski definition) is 1. The number of hydrogen-bond acceptors (Lipinski definition) is 4. The number of benzene rings is 2. The zero-order valence-corrected chi connectivity index (χ0v) is 15.7. The van der Waals surface area contributed by atoms with Crippen molar-refractivity contribution in [3.05, 3.63) is 42.5 Å². The quantitative estimate of drug-likeness (QED) is 0.751. The zero-order chi connectivity index (χ0) is 18.6. The average molecular weight is 376 g/mol. The maximum atomic E-state index is 13.1. The number of nitrogens with zero attached hydrogens (tertiary/aromatic N) is 1. The van der Waals surface area contributed by atoms with Crippen LogP contribution in [-0.2, 0) is 19.6 Å². The molecular formula is C19H24N2O4S. The van der Waals surface area contributed by atoms with E-state index in [1.165, 1.54) is 4.31 Å². The minimum absolute atomic E-state index is 0.232. The minimum Gasteiger partial charge on any atom is -0.385 e. The molecule has 1 heterocycles. The van der Waals surface area contributed by atoms with Crippen molar-refractivity contribution >= 4 is 26.7 Å². The summed E-state index contributed by atoms with van der Waals surface area (Å²) in [6, 6.07) is 12.1. The van der Waals surface area contributed by atoms with E-state index in [0.29, 0.717) is 39.0 Å². The van der Waals surface area contributed by atoms with Crippen molar-refractivity contribution in [1.29, 1.82) is 0 Å². The highest BCUT2D eigenvalue weighted by molar-refractivity contribution is 7.89. The maximum Gasteiger partial charge on any atom is 0.243 e. The number of carbonyl (C=O) groups is 1. The molecule has 2 aromatic rings. The molecule has 0 bridgehead atoms. The molecule has 0 aliphatic carbocycles. The molecule has 0 unspecified atom stereocenters. The van der Waals surface area contributed by atoms with Crippen LogP contribution in [0.3, 0.4) is 0 Å². The van der Waals surface area contributed by atoms with Gasteiger partial charge in [0.2, 0.25) is 15.9 Å². The third kappa shape index (κ3) is 3.90. The Morgan fingerprint density at radius 2 is 2.00 bits per heavy atom. The molecule has 0 radical (unpaired) electrons. The van der Waals surface area contributed by atoms with E-state index in [0.717, 1.165) is 10.8 Å². The highest BCUT2D eigenvalue weighted by atomic mass is 32.2. The van der Waals surface area contributed by atoms with E-state index in [-0.39, 0.29) is 10.8 Å². The molecule has 0 saturated carbocycles. The lowest BCUT2D eigenvalue weighted by molar-refractivity contribution is -0.124. The second kappa shape index (κ2) is 8.16. The van der Waals surface area contributed by atoms with Gasteiger partial charge >= 0.3 is 0 Å². The van der Waals surface area contributed by atoms with Crippen LogP contribution in [0.1, 0.15) is 19.3 Å². The van der Waals surface area contributed by atoms with Gasteiger partial charge in [0.1, 0.15) is 6.04 Å². The lowest BCUT2D eigenvalue weighted by atomic mass is 10.1. The number of methoxy groups -OCH3 is 1. The number of ether oxygens (including phenoxy) is 1. The molecule has 1 amide bonds. The second-order valence-electron chi connectivity index (χ2n) is 6.42. The molecule has 6 nitrogen and oxygen atoms in total. The van der Waals surface area contributed by atoms with Crippen LogP contribution >= 0.6 is 0 Å². The Balaban J connectivity index is 1.79. The van der Waals surface area contributed by atoms with Gasteiger partial charge in [-0.3, -0.25) is 4.79 Å². The number of fused-ring (bicyclic) bond motifs is 1. The lowest BCUT2D eigenvalue weighted by Gasteiger charge is -2.23. The van der Waals surface area contributed by atoms with Crippen molar-refractivity contribution in [3.63, 3.8) is 0 Å². The van der Waals surface area contributed by atoms with Gasteiger partial charge in [-0.1, -0.05) is 30.3 Å². The molecule has 1 fully saturated rings. The predicted octanol–water partition coefficient (Wildman–Crippen LogP) is 2.15. The van der Waals surface area contributed by atoms with Crippen molar-refractivity contribution in [2.45, 2.75) is 30.2 Å². The van der Waals surface area contributed by atoms with Gasteiger partial charge in [0.15, 0.2) is 0 Å². The maximum absolute atomic E-state index is 13.1. The summed E-state index contributed by atoms with van der Waals surface area (Å²) >= 11 is 0. The largest absolute Gasteiger partial charge is 0.385 e. The fourth-order valence-corrected chi connectivity index (χ4v) is 4.99. The smallest absolute Gasteiger partial charge is 0.243 e. The Labute approximate surface area is 154 Å². The van der Waals surface area contributed by atoms with E-state index in [1.54, 1.807) is 25.3 Å². The first-order valence-corrected chi connectivity index (χ1v) is 10.3. The summed E-state index contributed by atoms with van der Waals surface area (Å²) in [4.78, 5) is 12.7. The molecular weight excluding hydrogens is 352 g/mol. The summed E-state index contributed by atoms with van der Waals surface area (Å²) in [6.07, 6.45) is 1.93. The predicted molar refractivity (Wildman–Crippen MR) is 100 cm³/mol. The first kappa shape index (κ1) is 18.8. The van der Waals surface area contributed by atoms with Crippen LogP contribution in [0.2, 0.25) is 0 Å². The van der Waals surface area contributed by atoms with Crippen molar-refractivity contribution in [1.82, 2.24) is 9.62 Å². The van der Waals surface area contributed by atoms with E-state index in [9.17, 15) is 13.2 Å². The highest BCUT2D eigenvalue weighted by Gasteiger charge is 2.39. The third-order valence-electron chi connectivity index (χ3n) is 4.66. The van der Waals surface area contributed by atoms with Gasteiger partial charge in [-0.25, -0.2) is 8.42 Å². The number of amides is 1. The lowest BCUT2D eigenvalue weighted by Crippen LogP contribution is -2.46. The molecule has 140 valence electrons. The van der Waals surface area contributed by atoms with E-state index < -0.39 is 16.1 Å². The SMILES string of the molecule is COCCCNC(=O)[C@@H]1CCCN1S(=O)(=O)c1ccc2ccccc2c1. The number of rotatable bonds is 7. The van der Waals surface area contributed by atoms with Crippen molar-refractivity contribution in [2.24, 2.45) is 0 Å². The summed E-state index contributed by atoms with van der Waals surface area (Å²) in [5.41, 5.74) is 0. The van der Waals surface area contributed by atoms with E-state index >= 15 is 0 Å². The van der Waals surface area contributed by atoms with Gasteiger partial charge in [-0.2, -0.15) is 4.31 Å². The first-order valence-electron chi connectivity index (χ1n) is 8.81. The molecule has 3 rings (SSSR count). The van der Waals surface area contributed by atoms with E-state index in [2.05, 4.69) is 5.32 Å². The standard InChI is InChI=1S/C19H24N2O4S/c1-25-13-5-11-20-19(22)18-8-4-12-21(18)26(23,24)17-10-9-15-6-2-3-7-16(15)14-17/h2-3,6-7,9-10,14,18H,4-5,8,11-13H2,1H3,(H,20,22)/t18-/m0/s1. The molecule has 1 saturated heterocycles. The molecule has 0 aromatic heterocycles. The van der Waals surface area contributed by atoms with Crippen molar-refractivity contribution in [3.8, 4) is 0 Å². The summed E-state index contributed by atoms with van der Waals surface area (Å²) < 4.78 is 32.5. The van der Waals surface area contributed by atoms with Crippen LogP contribution in [0.5, 0.6) is 0 Å². The van der Waals surface area contributed by atoms with Crippen molar-refractivity contribution in [2.75, 3.05) is 26.8 Å². The van der Waals surface area contributed by atoms with Gasteiger partial charge in [0.05, 0.1) is 4.90 Å². The number of sulfonamides is 1. The molecule has 0 spiro atoms. The average Bonchev–Trinajstić information content (AvgIpc) is 3.15. The monoisotopic (exact) mass is 376 g/mol. The van der Waals surface area contributed by atoms with E-state index in [1.807, 2.05) is 24.3 Å². The fourth-order valence-electron chi connectivity index (χ4n) is 3.30. The molecule has 2 aromatic carbocycles. The summed E-state index contributed by atoms with van der Waals surface area (Å²) in [7, 11) is -2.10. The zero-order valence-electron chi connectivity index (χ0n) is 14.8. The van der Waals surface area contributed by atoms with Crippen LogP contribution in [0.15, 0.2) is 47.4 Å². The van der Waals surface area contributed by atoms with Crippen molar-refractivity contribution < 1.29 is 17.9 Å². The summed E-state index contributed by atoms with van der Waals surface area (Å²) in [5.74, 6) is -0.233. The second-order valence-corrected chi connectivity index (χ2v) is 8.31. The van der Waals surface area contributed by atoms with Gasteiger partial charge in [-0.05, 0) is 42.2 Å². The topological polar surface area (TPSA) is 75.7 Å².